The summed E-state index contributed by atoms with van der Waals surface area (Å²) in [7, 11) is 1.60. The Balaban J connectivity index is 0.00000162. The highest BCUT2D eigenvalue weighted by atomic mass is 35.5. The van der Waals surface area contributed by atoms with Gasteiger partial charge in [-0.05, 0) is 23.4 Å². The Labute approximate surface area is 117 Å². The summed E-state index contributed by atoms with van der Waals surface area (Å²) in [6.07, 6.45) is 2.46. The third-order valence-electron chi connectivity index (χ3n) is 2.79. The van der Waals surface area contributed by atoms with Crippen molar-refractivity contribution in [3.63, 3.8) is 0 Å². The van der Waals surface area contributed by atoms with E-state index in [0.717, 1.165) is 16.5 Å². The minimum absolute atomic E-state index is 0. The lowest BCUT2D eigenvalue weighted by Gasteiger charge is -2.12. The molecule has 1 aromatic heterocycles. The van der Waals surface area contributed by atoms with Gasteiger partial charge < -0.3 is 10.3 Å². The van der Waals surface area contributed by atoms with Crippen molar-refractivity contribution in [2.45, 2.75) is 12.5 Å². The molecule has 18 heavy (non-hydrogen) atoms. The lowest BCUT2D eigenvalue weighted by atomic mass is 10.1. The van der Waals surface area contributed by atoms with Crippen LogP contribution in [0.25, 0.3) is 10.9 Å². The summed E-state index contributed by atoms with van der Waals surface area (Å²) >= 11 is 5.59. The van der Waals surface area contributed by atoms with E-state index in [2.05, 4.69) is 15.1 Å². The highest BCUT2D eigenvalue weighted by molar-refractivity contribution is 6.15. The zero-order valence-corrected chi connectivity index (χ0v) is 11.4. The lowest BCUT2D eigenvalue weighted by Crippen LogP contribution is -2.40. The first kappa shape index (κ1) is 14.8. The van der Waals surface area contributed by atoms with E-state index in [9.17, 15) is 4.79 Å². The summed E-state index contributed by atoms with van der Waals surface area (Å²) in [5.74, 6) is -0.120. The van der Waals surface area contributed by atoms with Crippen molar-refractivity contribution in [3.8, 4) is 0 Å². The number of benzene rings is 1. The van der Waals surface area contributed by atoms with Gasteiger partial charge >= 0.3 is 0 Å². The lowest BCUT2D eigenvalue weighted by molar-refractivity contribution is -0.122. The van der Waals surface area contributed by atoms with Crippen molar-refractivity contribution in [1.29, 1.82) is 0 Å². The molecule has 0 spiro atoms. The summed E-state index contributed by atoms with van der Waals surface area (Å²) in [4.78, 5) is 17.2. The maximum Gasteiger partial charge on any atom is 0.238 e. The number of nitrogens with one attached hydrogen (secondary N) is 3. The first-order valence-corrected chi connectivity index (χ1v) is 5.76. The van der Waals surface area contributed by atoms with Crippen LogP contribution in [0.3, 0.4) is 0 Å². The third-order valence-corrected chi connectivity index (χ3v) is 3.06. The number of para-hydroxylation sites is 1. The molecule has 0 aliphatic rings. The van der Waals surface area contributed by atoms with E-state index in [-0.39, 0.29) is 18.3 Å². The second-order valence-electron chi connectivity index (χ2n) is 3.84. The Hall–Kier alpha value is -1.23. The number of hydrogen-bond acceptors (Lipinski definition) is 2. The number of aromatic amines is 1. The van der Waals surface area contributed by atoms with Crippen LogP contribution in [0.2, 0.25) is 0 Å². The minimum Gasteiger partial charge on any atom is -0.361 e. The van der Waals surface area contributed by atoms with Crippen molar-refractivity contribution in [2.24, 2.45) is 0 Å². The molecule has 1 amide bonds. The predicted molar refractivity (Wildman–Crippen MR) is 76.1 cm³/mol. The monoisotopic (exact) mass is 287 g/mol. The Morgan fingerprint density at radius 2 is 2.17 bits per heavy atom. The summed E-state index contributed by atoms with van der Waals surface area (Å²) in [6.45, 7) is 0. The molecule has 0 radical (unpaired) electrons. The van der Waals surface area contributed by atoms with Crippen molar-refractivity contribution < 1.29 is 4.79 Å². The van der Waals surface area contributed by atoms with Gasteiger partial charge in [0.1, 0.15) is 6.04 Å². The van der Waals surface area contributed by atoms with Crippen LogP contribution >= 0.6 is 24.2 Å². The van der Waals surface area contributed by atoms with Crippen LogP contribution < -0.4 is 10.2 Å². The molecule has 1 aromatic carbocycles. The Morgan fingerprint density at radius 3 is 2.83 bits per heavy atom. The van der Waals surface area contributed by atoms with Crippen molar-refractivity contribution in [3.05, 3.63) is 36.0 Å². The van der Waals surface area contributed by atoms with Crippen molar-refractivity contribution >= 4 is 41.0 Å². The number of rotatable bonds is 4. The molecule has 0 bridgehead atoms. The molecule has 0 aliphatic carbocycles. The molecule has 6 heteroatoms. The van der Waals surface area contributed by atoms with Gasteiger partial charge in [-0.25, -0.2) is 4.84 Å². The van der Waals surface area contributed by atoms with Crippen LogP contribution in [-0.2, 0) is 11.2 Å². The molecular formula is C12H15Cl2N3O. The van der Waals surface area contributed by atoms with Crippen LogP contribution in [0, 0.1) is 0 Å². The van der Waals surface area contributed by atoms with E-state index < -0.39 is 6.04 Å². The molecular weight excluding hydrogens is 273 g/mol. The third kappa shape index (κ3) is 2.96. The Morgan fingerprint density at radius 1 is 1.44 bits per heavy atom. The number of fused-ring (bicyclic) bond motifs is 1. The molecule has 0 saturated carbocycles. The van der Waals surface area contributed by atoms with Crippen LogP contribution in [0.5, 0.6) is 0 Å². The van der Waals surface area contributed by atoms with Gasteiger partial charge in [0.05, 0.1) is 0 Å². The molecule has 0 saturated heterocycles. The maximum atomic E-state index is 11.5. The highest BCUT2D eigenvalue weighted by Crippen LogP contribution is 2.19. The average molecular weight is 288 g/mol. The second-order valence-corrected chi connectivity index (χ2v) is 4.06. The van der Waals surface area contributed by atoms with Gasteiger partial charge in [-0.15, -0.1) is 12.4 Å². The zero-order valence-electron chi connectivity index (χ0n) is 9.87. The van der Waals surface area contributed by atoms with E-state index in [0.29, 0.717) is 6.42 Å². The topological polar surface area (TPSA) is 56.9 Å². The molecule has 3 N–H and O–H groups in total. The average Bonchev–Trinajstić information content (AvgIpc) is 2.78. The molecule has 1 heterocycles. The van der Waals surface area contributed by atoms with E-state index in [1.807, 2.05) is 30.5 Å². The minimum atomic E-state index is -0.430. The number of amides is 1. The first-order chi connectivity index (χ1) is 8.26. The van der Waals surface area contributed by atoms with Crippen LogP contribution in [-0.4, -0.2) is 24.0 Å². The fourth-order valence-corrected chi connectivity index (χ4v) is 2.05. The quantitative estimate of drug-likeness (QED) is 0.754. The van der Waals surface area contributed by atoms with Crippen LogP contribution in [0.15, 0.2) is 30.5 Å². The van der Waals surface area contributed by atoms with E-state index in [1.54, 1.807) is 7.05 Å². The zero-order chi connectivity index (χ0) is 12.3. The molecule has 0 fully saturated rings. The molecule has 1 atom stereocenters. The van der Waals surface area contributed by atoms with Gasteiger partial charge in [0.2, 0.25) is 5.91 Å². The van der Waals surface area contributed by atoms with E-state index >= 15 is 0 Å². The van der Waals surface area contributed by atoms with Gasteiger partial charge in [0.15, 0.2) is 0 Å². The SMILES string of the molecule is CNC(=O)C(Cc1c[nH]c2ccccc12)NCl.Cl. The number of halogens is 2. The molecule has 0 aliphatic heterocycles. The summed E-state index contributed by atoms with van der Waals surface area (Å²) in [5.41, 5.74) is 2.13. The number of carbonyl (C=O) groups is 1. The normalized spacial score (nSPS) is 11.9. The largest absolute Gasteiger partial charge is 0.361 e. The summed E-state index contributed by atoms with van der Waals surface area (Å²) in [6, 6.07) is 7.54. The number of likely N-dealkylation sites (N-methyl/N-ethyl adjacent to an activating group) is 1. The van der Waals surface area contributed by atoms with Gasteiger partial charge in [-0.1, -0.05) is 18.2 Å². The molecule has 98 valence electrons. The molecule has 2 rings (SSSR count). The number of hydrogen-bond donors (Lipinski definition) is 3. The summed E-state index contributed by atoms with van der Waals surface area (Å²) < 4.78 is 0. The second kappa shape index (κ2) is 6.64. The van der Waals surface area contributed by atoms with Crippen molar-refractivity contribution in [1.82, 2.24) is 15.1 Å². The fraction of sp³-hybridized carbons (Fsp3) is 0.250. The van der Waals surface area contributed by atoms with E-state index in [4.69, 9.17) is 11.8 Å². The predicted octanol–water partition coefficient (Wildman–Crippen LogP) is 1.99. The molecule has 2 aromatic rings. The fourth-order valence-electron chi connectivity index (χ4n) is 1.88. The standard InChI is InChI=1S/C12H14ClN3O.ClH/c1-14-12(17)11(16-13)6-8-7-15-10-5-3-2-4-9(8)10;/h2-5,7,11,15-16H,6H2,1H3,(H,14,17);1H. The molecule has 4 nitrogen and oxygen atoms in total. The Kier molecular flexibility index (Phi) is 5.47. The van der Waals surface area contributed by atoms with Gasteiger partial charge in [0, 0.05) is 30.6 Å². The Bertz CT molecular complexity index is 527. The number of H-pyrrole nitrogens is 1. The summed E-state index contributed by atoms with van der Waals surface area (Å²) in [5, 5.41) is 3.70. The van der Waals surface area contributed by atoms with Crippen LogP contribution in [0.1, 0.15) is 5.56 Å². The first-order valence-electron chi connectivity index (χ1n) is 5.39. The van der Waals surface area contributed by atoms with Crippen molar-refractivity contribution in [2.75, 3.05) is 7.05 Å². The maximum absolute atomic E-state index is 11.5. The number of carbonyl (C=O) groups excluding carboxylic acids is 1. The highest BCUT2D eigenvalue weighted by Gasteiger charge is 2.17. The van der Waals surface area contributed by atoms with Crippen LogP contribution in [0.4, 0.5) is 0 Å². The smallest absolute Gasteiger partial charge is 0.238 e. The molecule has 1 unspecified atom stereocenters. The van der Waals surface area contributed by atoms with Gasteiger partial charge in [0.25, 0.3) is 0 Å². The van der Waals surface area contributed by atoms with E-state index in [1.165, 1.54) is 0 Å². The van der Waals surface area contributed by atoms with Gasteiger partial charge in [-0.3, -0.25) is 4.79 Å². The number of aromatic nitrogens is 1. The van der Waals surface area contributed by atoms with Gasteiger partial charge in [-0.2, -0.15) is 0 Å².